The molecule has 0 aliphatic rings. The zero-order valence-electron chi connectivity index (χ0n) is 10.8. The van der Waals surface area contributed by atoms with Crippen molar-refractivity contribution in [1.82, 2.24) is 10.0 Å². The first kappa shape index (κ1) is 15.9. The number of carbonyl (C=O) groups excluding carboxylic acids is 1. The minimum atomic E-state index is -3.72. The Hall–Kier alpha value is -1.11. The lowest BCUT2D eigenvalue weighted by Gasteiger charge is -2.14. The Labute approximate surface area is 118 Å². The number of amides is 1. The van der Waals surface area contributed by atoms with Crippen LogP contribution in [0, 0.1) is 0 Å². The van der Waals surface area contributed by atoms with E-state index in [1.165, 1.54) is 31.2 Å². The highest BCUT2D eigenvalue weighted by Gasteiger charge is 2.21. The second-order valence-electron chi connectivity index (χ2n) is 4.09. The Bertz CT molecular complexity index is 528. The highest BCUT2D eigenvalue weighted by Crippen LogP contribution is 2.14. The number of carbonyl (C=O) groups is 1. The molecular formula is C12H17ClN2O3S. The summed E-state index contributed by atoms with van der Waals surface area (Å²) >= 11 is 5.70. The highest BCUT2D eigenvalue weighted by molar-refractivity contribution is 7.89. The van der Waals surface area contributed by atoms with E-state index in [-0.39, 0.29) is 10.8 Å². The molecule has 1 atom stereocenters. The molecule has 0 heterocycles. The van der Waals surface area contributed by atoms with Crippen molar-refractivity contribution < 1.29 is 13.2 Å². The molecule has 0 aromatic heterocycles. The van der Waals surface area contributed by atoms with Crippen molar-refractivity contribution in [3.8, 4) is 0 Å². The normalized spacial score (nSPS) is 13.0. The van der Waals surface area contributed by atoms with Crippen LogP contribution in [-0.2, 0) is 14.8 Å². The van der Waals surface area contributed by atoms with Crippen molar-refractivity contribution in [3.63, 3.8) is 0 Å². The summed E-state index contributed by atoms with van der Waals surface area (Å²) in [6, 6.07) is 4.92. The quantitative estimate of drug-likeness (QED) is 0.837. The molecule has 1 rings (SSSR count). The second kappa shape index (κ2) is 6.88. The molecule has 1 amide bonds. The van der Waals surface area contributed by atoms with Crippen LogP contribution in [0.25, 0.3) is 0 Å². The van der Waals surface area contributed by atoms with Gasteiger partial charge in [0.05, 0.1) is 10.9 Å². The van der Waals surface area contributed by atoms with Crippen LogP contribution in [-0.4, -0.2) is 26.9 Å². The van der Waals surface area contributed by atoms with Crippen LogP contribution in [0.4, 0.5) is 0 Å². The summed E-state index contributed by atoms with van der Waals surface area (Å²) in [4.78, 5) is 11.7. The van der Waals surface area contributed by atoms with E-state index in [2.05, 4.69) is 10.0 Å². The van der Waals surface area contributed by atoms with Crippen molar-refractivity contribution >= 4 is 27.5 Å². The number of rotatable bonds is 6. The molecule has 19 heavy (non-hydrogen) atoms. The molecule has 0 spiro atoms. The van der Waals surface area contributed by atoms with E-state index in [0.717, 1.165) is 6.42 Å². The molecule has 7 heteroatoms. The standard InChI is InChI=1S/C12H17ClN2O3S/c1-3-8-14-12(16)9(2)15-19(17,18)11-6-4-10(13)5-7-11/h4-7,9,15H,3,8H2,1-2H3,(H,14,16)/t9-/m1/s1. The third-order valence-corrected chi connectivity index (χ3v) is 4.21. The summed E-state index contributed by atoms with van der Waals surface area (Å²) in [5.41, 5.74) is 0. The molecule has 1 aromatic carbocycles. The van der Waals surface area contributed by atoms with Gasteiger partial charge in [-0.1, -0.05) is 18.5 Å². The minimum absolute atomic E-state index is 0.0760. The third-order valence-electron chi connectivity index (χ3n) is 2.40. The van der Waals surface area contributed by atoms with E-state index in [4.69, 9.17) is 11.6 Å². The lowest BCUT2D eigenvalue weighted by molar-refractivity contribution is -0.122. The number of benzene rings is 1. The van der Waals surface area contributed by atoms with Crippen LogP contribution in [0.15, 0.2) is 29.2 Å². The Morgan fingerprint density at radius 2 is 1.89 bits per heavy atom. The molecule has 0 aliphatic heterocycles. The molecule has 0 aliphatic carbocycles. The van der Waals surface area contributed by atoms with E-state index in [9.17, 15) is 13.2 Å². The first-order chi connectivity index (χ1) is 8.86. The van der Waals surface area contributed by atoms with E-state index in [0.29, 0.717) is 11.6 Å². The average molecular weight is 305 g/mol. The molecule has 106 valence electrons. The fourth-order valence-corrected chi connectivity index (χ4v) is 2.70. The Balaban J connectivity index is 2.74. The van der Waals surface area contributed by atoms with E-state index < -0.39 is 16.1 Å². The SMILES string of the molecule is CCCNC(=O)[C@@H](C)NS(=O)(=O)c1ccc(Cl)cc1. The van der Waals surface area contributed by atoms with Gasteiger partial charge in [-0.3, -0.25) is 4.79 Å². The van der Waals surface area contributed by atoms with Crippen LogP contribution in [0.5, 0.6) is 0 Å². The summed E-state index contributed by atoms with van der Waals surface area (Å²) in [5.74, 6) is -0.348. The summed E-state index contributed by atoms with van der Waals surface area (Å²) in [5, 5.41) is 3.08. The number of hydrogen-bond acceptors (Lipinski definition) is 3. The van der Waals surface area contributed by atoms with Gasteiger partial charge < -0.3 is 5.32 Å². The smallest absolute Gasteiger partial charge is 0.241 e. The van der Waals surface area contributed by atoms with Crippen molar-refractivity contribution in [3.05, 3.63) is 29.3 Å². The van der Waals surface area contributed by atoms with Gasteiger partial charge in [0.1, 0.15) is 0 Å². The van der Waals surface area contributed by atoms with Crippen molar-refractivity contribution in [2.24, 2.45) is 0 Å². The van der Waals surface area contributed by atoms with E-state index >= 15 is 0 Å². The molecule has 5 nitrogen and oxygen atoms in total. The van der Waals surface area contributed by atoms with Gasteiger partial charge in [0, 0.05) is 11.6 Å². The first-order valence-corrected chi connectivity index (χ1v) is 7.78. The number of nitrogens with one attached hydrogen (secondary N) is 2. The summed E-state index contributed by atoms with van der Waals surface area (Å²) < 4.78 is 26.3. The van der Waals surface area contributed by atoms with Crippen molar-refractivity contribution in [1.29, 1.82) is 0 Å². The Morgan fingerprint density at radius 3 is 2.42 bits per heavy atom. The van der Waals surface area contributed by atoms with Crippen LogP contribution in [0.3, 0.4) is 0 Å². The van der Waals surface area contributed by atoms with E-state index in [1.54, 1.807) is 0 Å². The molecule has 0 saturated carbocycles. The summed E-state index contributed by atoms with van der Waals surface area (Å²) in [6.45, 7) is 3.94. The zero-order chi connectivity index (χ0) is 14.5. The maximum Gasteiger partial charge on any atom is 0.241 e. The molecule has 0 unspecified atom stereocenters. The minimum Gasteiger partial charge on any atom is -0.355 e. The van der Waals surface area contributed by atoms with Crippen LogP contribution in [0.1, 0.15) is 20.3 Å². The van der Waals surface area contributed by atoms with Crippen LogP contribution >= 0.6 is 11.6 Å². The third kappa shape index (κ3) is 4.81. The van der Waals surface area contributed by atoms with Crippen LogP contribution < -0.4 is 10.0 Å². The molecule has 0 radical (unpaired) electrons. The number of sulfonamides is 1. The first-order valence-electron chi connectivity index (χ1n) is 5.92. The van der Waals surface area contributed by atoms with Crippen molar-refractivity contribution in [2.75, 3.05) is 6.54 Å². The summed E-state index contributed by atoms with van der Waals surface area (Å²) in [6.07, 6.45) is 0.794. The predicted octanol–water partition coefficient (Wildman–Crippen LogP) is 1.53. The summed E-state index contributed by atoms with van der Waals surface area (Å²) in [7, 11) is -3.72. The fourth-order valence-electron chi connectivity index (χ4n) is 1.37. The lowest BCUT2D eigenvalue weighted by Crippen LogP contribution is -2.44. The fraction of sp³-hybridized carbons (Fsp3) is 0.417. The molecule has 1 aromatic rings. The average Bonchev–Trinajstić information content (AvgIpc) is 2.35. The van der Waals surface area contributed by atoms with E-state index in [1.807, 2.05) is 6.92 Å². The highest BCUT2D eigenvalue weighted by atomic mass is 35.5. The van der Waals surface area contributed by atoms with Gasteiger partial charge >= 0.3 is 0 Å². The monoisotopic (exact) mass is 304 g/mol. The Kier molecular flexibility index (Phi) is 5.78. The van der Waals surface area contributed by atoms with Gasteiger partial charge in [-0.15, -0.1) is 0 Å². The molecule has 0 fully saturated rings. The molecule has 0 bridgehead atoms. The van der Waals surface area contributed by atoms with Gasteiger partial charge in [-0.2, -0.15) is 4.72 Å². The molecular weight excluding hydrogens is 288 g/mol. The second-order valence-corrected chi connectivity index (χ2v) is 6.24. The lowest BCUT2D eigenvalue weighted by atomic mass is 10.3. The van der Waals surface area contributed by atoms with Crippen molar-refractivity contribution in [2.45, 2.75) is 31.2 Å². The number of hydrogen-bond donors (Lipinski definition) is 2. The maximum atomic E-state index is 12.0. The van der Waals surface area contributed by atoms with Gasteiger partial charge in [0.25, 0.3) is 0 Å². The van der Waals surface area contributed by atoms with Gasteiger partial charge in [-0.25, -0.2) is 8.42 Å². The van der Waals surface area contributed by atoms with Gasteiger partial charge in [0.2, 0.25) is 15.9 Å². The molecule has 0 saturated heterocycles. The number of halogens is 1. The van der Waals surface area contributed by atoms with Crippen LogP contribution in [0.2, 0.25) is 5.02 Å². The molecule has 2 N–H and O–H groups in total. The maximum absolute atomic E-state index is 12.0. The predicted molar refractivity (Wildman–Crippen MR) is 74.5 cm³/mol. The van der Waals surface area contributed by atoms with Gasteiger partial charge in [0.15, 0.2) is 0 Å². The van der Waals surface area contributed by atoms with Gasteiger partial charge in [-0.05, 0) is 37.6 Å². The largest absolute Gasteiger partial charge is 0.355 e. The topological polar surface area (TPSA) is 75.3 Å². The zero-order valence-corrected chi connectivity index (χ0v) is 12.4. The Morgan fingerprint density at radius 1 is 1.32 bits per heavy atom.